The predicted octanol–water partition coefficient (Wildman–Crippen LogP) is 2.01. The van der Waals surface area contributed by atoms with E-state index >= 15 is 0 Å². The van der Waals surface area contributed by atoms with Crippen LogP contribution in [0.4, 0.5) is 5.69 Å². The van der Waals surface area contributed by atoms with Gasteiger partial charge in [-0.1, -0.05) is 15.9 Å². The lowest BCUT2D eigenvalue weighted by molar-refractivity contribution is 0.116. The lowest BCUT2D eigenvalue weighted by Gasteiger charge is -2.27. The van der Waals surface area contributed by atoms with E-state index in [0.717, 1.165) is 53.7 Å². The Bertz CT molecular complexity index is 518. The van der Waals surface area contributed by atoms with Crippen molar-refractivity contribution in [3.63, 3.8) is 0 Å². The maximum Gasteiger partial charge on any atom is 0.143 e. The quantitative estimate of drug-likeness (QED) is 0.654. The molecule has 0 radical (unpaired) electrons. The number of hydrogen-bond acceptors (Lipinski definition) is 5. The Hall–Kier alpha value is -0.820. The predicted molar refractivity (Wildman–Crippen MR) is 89.2 cm³/mol. The second-order valence-corrected chi connectivity index (χ2v) is 7.09. The van der Waals surface area contributed by atoms with E-state index in [9.17, 15) is 10.2 Å². The minimum Gasteiger partial charge on any atom is -0.489 e. The summed E-state index contributed by atoms with van der Waals surface area (Å²) in [7, 11) is 0. The molecule has 122 valence electrons. The van der Waals surface area contributed by atoms with Gasteiger partial charge in [-0.05, 0) is 43.4 Å². The van der Waals surface area contributed by atoms with Crippen molar-refractivity contribution in [3.05, 3.63) is 22.2 Å². The number of β-amino-alcohol motifs (C(OH)–C–C–N with tert-alkyl or cyclic N) is 1. The first-order valence-electron chi connectivity index (χ1n) is 7.90. The van der Waals surface area contributed by atoms with Gasteiger partial charge in [0.2, 0.25) is 0 Å². The summed E-state index contributed by atoms with van der Waals surface area (Å²) in [5.74, 6) is 0.779. The van der Waals surface area contributed by atoms with Crippen LogP contribution in [0.25, 0.3) is 0 Å². The fourth-order valence-corrected chi connectivity index (χ4v) is 3.57. The number of rotatable bonds is 3. The van der Waals surface area contributed by atoms with Crippen molar-refractivity contribution in [2.24, 2.45) is 0 Å². The Morgan fingerprint density at radius 2 is 1.95 bits per heavy atom. The van der Waals surface area contributed by atoms with Crippen LogP contribution < -0.4 is 15.4 Å². The molecule has 1 saturated carbocycles. The van der Waals surface area contributed by atoms with E-state index in [-0.39, 0.29) is 6.10 Å². The Labute approximate surface area is 139 Å². The van der Waals surface area contributed by atoms with Gasteiger partial charge in [0.15, 0.2) is 0 Å². The van der Waals surface area contributed by atoms with Crippen LogP contribution in [0.3, 0.4) is 0 Å². The van der Waals surface area contributed by atoms with Crippen molar-refractivity contribution in [2.75, 3.05) is 18.5 Å². The van der Waals surface area contributed by atoms with Crippen LogP contribution in [0.2, 0.25) is 0 Å². The zero-order valence-electron chi connectivity index (χ0n) is 12.5. The molecule has 1 aliphatic heterocycles. The minimum absolute atomic E-state index is 0.128. The first-order chi connectivity index (χ1) is 10.6. The minimum atomic E-state index is -0.494. The number of halogens is 1. The topological polar surface area (TPSA) is 73.8 Å². The highest BCUT2D eigenvalue weighted by Crippen LogP contribution is 2.34. The largest absolute Gasteiger partial charge is 0.489 e. The van der Waals surface area contributed by atoms with E-state index in [1.807, 2.05) is 6.07 Å². The van der Waals surface area contributed by atoms with Crippen molar-refractivity contribution in [1.82, 2.24) is 5.32 Å². The van der Waals surface area contributed by atoms with Gasteiger partial charge in [0.1, 0.15) is 18.5 Å². The first-order valence-corrected chi connectivity index (χ1v) is 8.69. The molecule has 0 saturated heterocycles. The summed E-state index contributed by atoms with van der Waals surface area (Å²) in [5, 5.41) is 26.2. The number of fused-ring (bicyclic) bond motifs is 1. The summed E-state index contributed by atoms with van der Waals surface area (Å²) < 4.78 is 6.66. The fourth-order valence-electron chi connectivity index (χ4n) is 3.09. The Balaban J connectivity index is 1.69. The number of nitrogens with one attached hydrogen (secondary N) is 2. The molecule has 1 aromatic carbocycles. The van der Waals surface area contributed by atoms with Gasteiger partial charge in [-0.2, -0.15) is 0 Å². The molecule has 4 N–H and O–H groups in total. The van der Waals surface area contributed by atoms with Crippen molar-refractivity contribution < 1.29 is 14.9 Å². The van der Waals surface area contributed by atoms with E-state index < -0.39 is 6.10 Å². The molecule has 0 bridgehead atoms. The summed E-state index contributed by atoms with van der Waals surface area (Å²) in [4.78, 5) is 0. The lowest BCUT2D eigenvalue weighted by Crippen LogP contribution is -2.34. The highest BCUT2D eigenvalue weighted by atomic mass is 79.9. The lowest BCUT2D eigenvalue weighted by atomic mass is 9.93. The number of benzene rings is 1. The van der Waals surface area contributed by atoms with Gasteiger partial charge >= 0.3 is 0 Å². The average molecular weight is 371 g/mol. The Morgan fingerprint density at radius 3 is 2.73 bits per heavy atom. The molecule has 1 aromatic rings. The monoisotopic (exact) mass is 370 g/mol. The normalized spacial score (nSPS) is 28.2. The second-order valence-electron chi connectivity index (χ2n) is 6.17. The van der Waals surface area contributed by atoms with Crippen LogP contribution in [-0.2, 0) is 6.54 Å². The summed E-state index contributed by atoms with van der Waals surface area (Å²) in [5.41, 5.74) is 2.09. The molecule has 22 heavy (non-hydrogen) atoms. The van der Waals surface area contributed by atoms with Gasteiger partial charge in [-0.3, -0.25) is 0 Å². The van der Waals surface area contributed by atoms with Crippen LogP contribution in [0.5, 0.6) is 5.75 Å². The van der Waals surface area contributed by atoms with E-state index in [2.05, 4.69) is 32.6 Å². The number of anilines is 1. The smallest absolute Gasteiger partial charge is 0.143 e. The van der Waals surface area contributed by atoms with Crippen LogP contribution in [0, 0.1) is 0 Å². The maximum atomic E-state index is 9.74. The van der Waals surface area contributed by atoms with Gasteiger partial charge in [-0.25, -0.2) is 0 Å². The van der Waals surface area contributed by atoms with Crippen LogP contribution in [0.15, 0.2) is 16.6 Å². The number of hydrogen-bond donors (Lipinski definition) is 4. The molecule has 6 heteroatoms. The van der Waals surface area contributed by atoms with Gasteiger partial charge in [-0.15, -0.1) is 0 Å². The van der Waals surface area contributed by atoms with Gasteiger partial charge in [0.25, 0.3) is 0 Å². The molecule has 1 heterocycles. The van der Waals surface area contributed by atoms with Crippen molar-refractivity contribution >= 4 is 21.6 Å². The van der Waals surface area contributed by atoms with Crippen LogP contribution >= 0.6 is 15.9 Å². The molecule has 1 fully saturated rings. The average Bonchev–Trinajstić information content (AvgIpc) is 2.69. The molecule has 5 nitrogen and oxygen atoms in total. The van der Waals surface area contributed by atoms with Crippen LogP contribution in [0.1, 0.15) is 31.2 Å². The summed E-state index contributed by atoms with van der Waals surface area (Å²) >= 11 is 3.52. The summed E-state index contributed by atoms with van der Waals surface area (Å²) in [6.07, 6.45) is 3.16. The highest BCUT2D eigenvalue weighted by molar-refractivity contribution is 9.10. The standard InChI is InChI=1S/C16H23BrN2O3/c17-11-5-10(7-18-12-1-3-13(20)4-2-12)16-15(6-11)22-9-14(21)8-19-16/h5-6,12-14,18-21H,1-4,7-9H2. The van der Waals surface area contributed by atoms with Crippen molar-refractivity contribution in [1.29, 1.82) is 0 Å². The molecule has 1 unspecified atom stereocenters. The van der Waals surface area contributed by atoms with Gasteiger partial charge < -0.3 is 25.6 Å². The van der Waals surface area contributed by atoms with Gasteiger partial charge in [0, 0.05) is 23.6 Å². The third-order valence-corrected chi connectivity index (χ3v) is 4.83. The third kappa shape index (κ3) is 3.93. The van der Waals surface area contributed by atoms with Crippen LogP contribution in [-0.4, -0.2) is 41.6 Å². The summed E-state index contributed by atoms with van der Waals surface area (Å²) in [6, 6.07) is 4.47. The van der Waals surface area contributed by atoms with E-state index in [4.69, 9.17) is 4.74 Å². The molecule has 0 aromatic heterocycles. The number of ether oxygens (including phenoxy) is 1. The van der Waals surface area contributed by atoms with E-state index in [1.54, 1.807) is 0 Å². The third-order valence-electron chi connectivity index (χ3n) is 4.37. The van der Waals surface area contributed by atoms with E-state index in [1.165, 1.54) is 0 Å². The molecule has 0 amide bonds. The molecular weight excluding hydrogens is 348 g/mol. The first kappa shape index (κ1) is 16.1. The molecule has 1 aliphatic carbocycles. The maximum absolute atomic E-state index is 9.74. The summed E-state index contributed by atoms with van der Waals surface area (Å²) in [6.45, 7) is 1.55. The molecule has 2 aliphatic rings. The van der Waals surface area contributed by atoms with Crippen molar-refractivity contribution in [2.45, 2.75) is 50.5 Å². The SMILES string of the molecule is OC1CCC(NCc2cc(Br)cc3c2NCC(O)CO3)CC1. The highest BCUT2D eigenvalue weighted by Gasteiger charge is 2.21. The Morgan fingerprint density at radius 1 is 1.18 bits per heavy atom. The fraction of sp³-hybridized carbons (Fsp3) is 0.625. The zero-order chi connectivity index (χ0) is 15.5. The number of aliphatic hydroxyl groups excluding tert-OH is 2. The molecule has 3 rings (SSSR count). The van der Waals surface area contributed by atoms with E-state index in [0.29, 0.717) is 19.2 Å². The molecule has 1 atom stereocenters. The molecular formula is C16H23BrN2O3. The Kier molecular flexibility index (Phi) is 5.23. The second kappa shape index (κ2) is 7.17. The van der Waals surface area contributed by atoms with Gasteiger partial charge in [0.05, 0.1) is 11.8 Å². The van der Waals surface area contributed by atoms with Crippen molar-refractivity contribution in [3.8, 4) is 5.75 Å². The molecule has 0 spiro atoms. The number of aliphatic hydroxyl groups is 2. The zero-order valence-corrected chi connectivity index (χ0v) is 14.1.